The van der Waals surface area contributed by atoms with Crippen molar-refractivity contribution in [3.63, 3.8) is 0 Å². The molecule has 1 aliphatic heterocycles. The summed E-state index contributed by atoms with van der Waals surface area (Å²) >= 11 is 0. The van der Waals surface area contributed by atoms with Crippen molar-refractivity contribution in [2.75, 3.05) is 0 Å². The first kappa shape index (κ1) is 15.7. The van der Waals surface area contributed by atoms with Crippen molar-refractivity contribution in [1.29, 1.82) is 0 Å². The van der Waals surface area contributed by atoms with E-state index >= 15 is 0 Å². The van der Waals surface area contributed by atoms with Gasteiger partial charge in [-0.3, -0.25) is 14.9 Å². The van der Waals surface area contributed by atoms with Gasteiger partial charge in [0.25, 0.3) is 5.69 Å². The van der Waals surface area contributed by atoms with E-state index in [1.54, 1.807) is 19.1 Å². The van der Waals surface area contributed by atoms with Crippen LogP contribution in [0.5, 0.6) is 0 Å². The van der Waals surface area contributed by atoms with E-state index in [2.05, 4.69) is 0 Å². The Labute approximate surface area is 126 Å². The molecule has 1 saturated heterocycles. The van der Waals surface area contributed by atoms with Crippen LogP contribution in [0.2, 0.25) is 0 Å². The fraction of sp³-hybridized carbons (Fsp3) is 0.333. The van der Waals surface area contributed by atoms with Crippen LogP contribution in [0.3, 0.4) is 0 Å². The molecule has 22 heavy (non-hydrogen) atoms. The molecule has 7 nitrogen and oxygen atoms in total. The molecule has 0 aliphatic carbocycles. The number of hydrogen-bond acceptors (Lipinski definition) is 6. The Morgan fingerprint density at radius 1 is 1.45 bits per heavy atom. The number of nitrogens with zero attached hydrogens (tertiary/aromatic N) is 1. The van der Waals surface area contributed by atoms with Crippen molar-refractivity contribution >= 4 is 17.6 Å². The molecule has 2 atom stereocenters. The number of carbonyl (C=O) groups excluding carboxylic acids is 2. The number of esters is 2. The zero-order valence-electron chi connectivity index (χ0n) is 11.9. The van der Waals surface area contributed by atoms with Crippen molar-refractivity contribution in [2.24, 2.45) is 0 Å². The summed E-state index contributed by atoms with van der Waals surface area (Å²) < 4.78 is 10.4. The quantitative estimate of drug-likeness (QED) is 0.359. The molecule has 0 spiro atoms. The number of cyclic esters (lactones) is 1. The molecule has 1 aliphatic rings. The van der Waals surface area contributed by atoms with Crippen LogP contribution in [-0.2, 0) is 14.3 Å². The van der Waals surface area contributed by atoms with Crippen LogP contribution in [0, 0.1) is 10.1 Å². The highest BCUT2D eigenvalue weighted by atomic mass is 16.6. The van der Waals surface area contributed by atoms with Crippen LogP contribution in [-0.4, -0.2) is 29.1 Å². The number of hydrogen-bond donors (Lipinski definition) is 0. The highest BCUT2D eigenvalue weighted by Gasteiger charge is 2.32. The molecule has 0 radical (unpaired) electrons. The van der Waals surface area contributed by atoms with Crippen molar-refractivity contribution in [3.05, 3.63) is 52.1 Å². The number of ether oxygens (including phenoxy) is 2. The predicted molar refractivity (Wildman–Crippen MR) is 76.2 cm³/mol. The number of non-ortho nitro benzene ring substituents is 1. The van der Waals surface area contributed by atoms with E-state index in [9.17, 15) is 19.7 Å². The van der Waals surface area contributed by atoms with Crippen LogP contribution in [0.4, 0.5) is 5.69 Å². The Balaban J connectivity index is 2.07. The van der Waals surface area contributed by atoms with Crippen LogP contribution >= 0.6 is 0 Å². The lowest BCUT2D eigenvalue weighted by molar-refractivity contribution is -0.384. The van der Waals surface area contributed by atoms with Gasteiger partial charge in [0.1, 0.15) is 6.10 Å². The second-order valence-corrected chi connectivity index (χ2v) is 4.77. The zero-order chi connectivity index (χ0) is 16.1. The minimum Gasteiger partial charge on any atom is -0.458 e. The van der Waals surface area contributed by atoms with Gasteiger partial charge in [0.15, 0.2) is 6.10 Å². The summed E-state index contributed by atoms with van der Waals surface area (Å²) in [5.41, 5.74) is 0.0932. The van der Waals surface area contributed by atoms with E-state index in [4.69, 9.17) is 9.47 Å². The van der Waals surface area contributed by atoms with E-state index < -0.39 is 23.1 Å². The number of nitro groups is 1. The average molecular weight is 305 g/mol. The van der Waals surface area contributed by atoms with Gasteiger partial charge in [-0.2, -0.15) is 0 Å². The Hall–Kier alpha value is -2.70. The maximum atomic E-state index is 12.1. The number of rotatable bonds is 5. The molecule has 0 bridgehead atoms. The van der Waals surface area contributed by atoms with E-state index in [1.807, 2.05) is 0 Å². The minimum atomic E-state index is -0.667. The van der Waals surface area contributed by atoms with Crippen molar-refractivity contribution < 1.29 is 24.0 Å². The fourth-order valence-corrected chi connectivity index (χ4v) is 2.12. The summed E-state index contributed by atoms with van der Waals surface area (Å²) in [6, 6.07) is 5.12. The van der Waals surface area contributed by atoms with E-state index in [1.165, 1.54) is 24.3 Å². The maximum absolute atomic E-state index is 12.1. The molecular formula is C15H15NO6. The zero-order valence-corrected chi connectivity index (χ0v) is 11.9. The lowest BCUT2D eigenvalue weighted by Crippen LogP contribution is -2.29. The SMILES string of the molecule is CC=CC(OC(=O)c1ccc([N+](=O)[O-])cc1)C1CCC(=O)O1. The highest BCUT2D eigenvalue weighted by molar-refractivity contribution is 5.89. The first-order valence-electron chi connectivity index (χ1n) is 6.79. The first-order chi connectivity index (χ1) is 10.5. The van der Waals surface area contributed by atoms with Gasteiger partial charge in [-0.1, -0.05) is 6.08 Å². The number of nitro benzene ring substituents is 1. The van der Waals surface area contributed by atoms with Crippen LogP contribution in [0.15, 0.2) is 36.4 Å². The summed E-state index contributed by atoms with van der Waals surface area (Å²) in [7, 11) is 0. The van der Waals surface area contributed by atoms with Gasteiger partial charge in [-0.05, 0) is 31.6 Å². The molecule has 1 heterocycles. The molecular weight excluding hydrogens is 290 g/mol. The molecule has 0 saturated carbocycles. The van der Waals surface area contributed by atoms with Gasteiger partial charge < -0.3 is 9.47 Å². The smallest absolute Gasteiger partial charge is 0.338 e. The van der Waals surface area contributed by atoms with Crippen LogP contribution in [0.1, 0.15) is 30.1 Å². The molecule has 1 fully saturated rings. The summed E-state index contributed by atoms with van der Waals surface area (Å²) in [6.45, 7) is 1.77. The first-order valence-corrected chi connectivity index (χ1v) is 6.79. The Morgan fingerprint density at radius 3 is 2.64 bits per heavy atom. The van der Waals surface area contributed by atoms with Gasteiger partial charge in [0.2, 0.25) is 0 Å². The fourth-order valence-electron chi connectivity index (χ4n) is 2.12. The largest absolute Gasteiger partial charge is 0.458 e. The van der Waals surface area contributed by atoms with E-state index in [0.717, 1.165) is 0 Å². The Morgan fingerprint density at radius 2 is 2.14 bits per heavy atom. The van der Waals surface area contributed by atoms with Gasteiger partial charge >= 0.3 is 11.9 Å². The van der Waals surface area contributed by atoms with Gasteiger partial charge in [0.05, 0.1) is 10.5 Å². The molecule has 2 rings (SSSR count). The molecule has 116 valence electrons. The minimum absolute atomic E-state index is 0.105. The summed E-state index contributed by atoms with van der Waals surface area (Å²) in [4.78, 5) is 33.3. The normalized spacial score (nSPS) is 19.0. The lowest BCUT2D eigenvalue weighted by atomic mass is 10.1. The molecule has 7 heteroatoms. The molecule has 2 unspecified atom stereocenters. The third-order valence-electron chi connectivity index (χ3n) is 3.22. The molecule has 0 amide bonds. The maximum Gasteiger partial charge on any atom is 0.338 e. The second kappa shape index (κ2) is 6.84. The van der Waals surface area contributed by atoms with Crippen molar-refractivity contribution in [3.8, 4) is 0 Å². The standard InChI is InChI=1S/C15H15NO6/c1-2-3-12(13-8-9-14(17)21-13)22-15(18)10-4-6-11(7-5-10)16(19)20/h2-7,12-13H,8-9H2,1H3. The van der Waals surface area contributed by atoms with E-state index in [0.29, 0.717) is 12.8 Å². The topological polar surface area (TPSA) is 95.7 Å². The van der Waals surface area contributed by atoms with E-state index in [-0.39, 0.29) is 17.2 Å². The monoisotopic (exact) mass is 305 g/mol. The average Bonchev–Trinajstić information content (AvgIpc) is 2.93. The Bertz CT molecular complexity index is 607. The van der Waals surface area contributed by atoms with Crippen LogP contribution in [0.25, 0.3) is 0 Å². The van der Waals surface area contributed by atoms with Crippen molar-refractivity contribution in [1.82, 2.24) is 0 Å². The van der Waals surface area contributed by atoms with Gasteiger partial charge in [-0.15, -0.1) is 0 Å². The number of benzene rings is 1. The second-order valence-electron chi connectivity index (χ2n) is 4.77. The third kappa shape index (κ3) is 3.69. The third-order valence-corrected chi connectivity index (χ3v) is 3.22. The number of carbonyl (C=O) groups is 2. The number of allylic oxidation sites excluding steroid dienone is 1. The van der Waals surface area contributed by atoms with Crippen LogP contribution < -0.4 is 0 Å². The summed E-state index contributed by atoms with van der Waals surface area (Å²) in [5.74, 6) is -0.938. The molecule has 1 aromatic carbocycles. The van der Waals surface area contributed by atoms with Gasteiger partial charge in [-0.25, -0.2) is 4.79 Å². The summed E-state index contributed by atoms with van der Waals surface area (Å²) in [5, 5.41) is 10.6. The molecule has 0 aromatic heterocycles. The molecule has 1 aromatic rings. The summed E-state index contributed by atoms with van der Waals surface area (Å²) in [6.07, 6.45) is 2.98. The van der Waals surface area contributed by atoms with Crippen molar-refractivity contribution in [2.45, 2.75) is 32.0 Å². The highest BCUT2D eigenvalue weighted by Crippen LogP contribution is 2.21. The Kier molecular flexibility index (Phi) is 4.88. The predicted octanol–water partition coefficient (Wildman–Crippen LogP) is 2.40. The lowest BCUT2D eigenvalue weighted by Gasteiger charge is -2.19. The molecule has 0 N–H and O–H groups in total. The van der Waals surface area contributed by atoms with Gasteiger partial charge in [0, 0.05) is 18.6 Å².